The minimum Gasteiger partial charge on any atom is -0.462 e. The maximum Gasteiger partial charge on any atom is 0.338 e. The van der Waals surface area contributed by atoms with E-state index < -0.39 is 0 Å². The number of ether oxygens (including phenoxy) is 1. The number of rotatable bonds is 3. The second-order valence-electron chi connectivity index (χ2n) is 4.03. The molecule has 2 N–H and O–H groups in total. The Hall–Kier alpha value is -2.00. The lowest BCUT2D eigenvalue weighted by molar-refractivity contribution is 0.0526. The normalized spacial score (nSPS) is 10.2. The Morgan fingerprint density at radius 2 is 1.89 bits per heavy atom. The van der Waals surface area contributed by atoms with Gasteiger partial charge in [0.05, 0.1) is 12.2 Å². The summed E-state index contributed by atoms with van der Waals surface area (Å²) in [6.07, 6.45) is 0. The summed E-state index contributed by atoms with van der Waals surface area (Å²) in [5, 5.41) is 0.656. The summed E-state index contributed by atoms with van der Waals surface area (Å²) in [5.41, 5.74) is 8.75. The van der Waals surface area contributed by atoms with Crippen LogP contribution in [0.3, 0.4) is 0 Å². The molecule has 0 spiro atoms. The molecule has 0 aromatic heterocycles. The summed E-state index contributed by atoms with van der Waals surface area (Å²) in [7, 11) is 0. The van der Waals surface area contributed by atoms with Crippen LogP contribution in [0.15, 0.2) is 42.5 Å². The summed E-state index contributed by atoms with van der Waals surface area (Å²) in [5.74, 6) is -0.349. The molecule has 2 rings (SSSR count). The number of benzene rings is 2. The predicted molar refractivity (Wildman–Crippen MR) is 77.3 cm³/mol. The monoisotopic (exact) mass is 275 g/mol. The van der Waals surface area contributed by atoms with E-state index in [1.165, 1.54) is 0 Å². The number of hydrogen-bond acceptors (Lipinski definition) is 3. The SMILES string of the molecule is CCOC(=O)c1ccc(N)c(-c2ccc(Cl)cc2)c1. The van der Waals surface area contributed by atoms with E-state index in [9.17, 15) is 4.79 Å². The number of carbonyl (C=O) groups is 1. The minimum absolute atomic E-state index is 0.347. The van der Waals surface area contributed by atoms with Crippen molar-refractivity contribution in [2.75, 3.05) is 12.3 Å². The molecule has 2 aromatic rings. The molecule has 0 aliphatic heterocycles. The molecule has 0 atom stereocenters. The molecule has 3 nitrogen and oxygen atoms in total. The molecule has 98 valence electrons. The van der Waals surface area contributed by atoms with Crippen LogP contribution in [-0.2, 0) is 4.74 Å². The van der Waals surface area contributed by atoms with Crippen molar-refractivity contribution < 1.29 is 9.53 Å². The minimum atomic E-state index is -0.349. The standard InChI is InChI=1S/C15H14ClNO2/c1-2-19-15(18)11-5-8-14(17)13(9-11)10-3-6-12(16)7-4-10/h3-9H,2,17H2,1H3. The van der Waals surface area contributed by atoms with Crippen molar-refractivity contribution in [3.8, 4) is 11.1 Å². The Bertz CT molecular complexity index is 594. The number of esters is 1. The number of hydrogen-bond donors (Lipinski definition) is 1. The molecule has 0 aliphatic rings. The first-order chi connectivity index (χ1) is 9.11. The van der Waals surface area contributed by atoms with Crippen LogP contribution in [-0.4, -0.2) is 12.6 Å². The molecular formula is C15H14ClNO2. The van der Waals surface area contributed by atoms with Gasteiger partial charge in [-0.1, -0.05) is 23.7 Å². The van der Waals surface area contributed by atoms with Crippen molar-refractivity contribution in [2.24, 2.45) is 0 Å². The third kappa shape index (κ3) is 3.06. The third-order valence-electron chi connectivity index (χ3n) is 2.72. The Morgan fingerprint density at radius 1 is 1.21 bits per heavy atom. The van der Waals surface area contributed by atoms with Crippen molar-refractivity contribution in [2.45, 2.75) is 6.92 Å². The molecule has 0 saturated heterocycles. The predicted octanol–water partition coefficient (Wildman–Crippen LogP) is 3.77. The van der Waals surface area contributed by atoms with Gasteiger partial charge in [0.1, 0.15) is 0 Å². The van der Waals surface area contributed by atoms with Crippen LogP contribution in [0.4, 0.5) is 5.69 Å². The maximum absolute atomic E-state index is 11.7. The molecule has 4 heteroatoms. The molecule has 0 unspecified atom stereocenters. The number of nitrogen functional groups attached to an aromatic ring is 1. The molecule has 0 saturated carbocycles. The van der Waals surface area contributed by atoms with Crippen LogP contribution in [0.5, 0.6) is 0 Å². The zero-order valence-electron chi connectivity index (χ0n) is 10.5. The van der Waals surface area contributed by atoms with Gasteiger partial charge in [0.2, 0.25) is 0 Å². The van der Waals surface area contributed by atoms with Crippen molar-refractivity contribution in [3.05, 3.63) is 53.1 Å². The van der Waals surface area contributed by atoms with Gasteiger partial charge in [-0.2, -0.15) is 0 Å². The smallest absolute Gasteiger partial charge is 0.338 e. The van der Waals surface area contributed by atoms with Crippen LogP contribution in [0, 0.1) is 0 Å². The van der Waals surface area contributed by atoms with E-state index in [0.717, 1.165) is 11.1 Å². The van der Waals surface area contributed by atoms with Gasteiger partial charge in [0.15, 0.2) is 0 Å². The van der Waals surface area contributed by atoms with E-state index in [1.54, 1.807) is 37.3 Å². The Morgan fingerprint density at radius 3 is 2.53 bits per heavy atom. The Balaban J connectivity index is 2.42. The van der Waals surface area contributed by atoms with E-state index in [0.29, 0.717) is 22.9 Å². The molecule has 0 bridgehead atoms. The Kier molecular flexibility index (Phi) is 4.07. The fraction of sp³-hybridized carbons (Fsp3) is 0.133. The molecule has 0 radical (unpaired) electrons. The molecule has 0 fully saturated rings. The first kappa shape index (κ1) is 13.4. The van der Waals surface area contributed by atoms with Gasteiger partial charge in [-0.25, -0.2) is 4.79 Å². The molecule has 0 amide bonds. The van der Waals surface area contributed by atoms with Crippen molar-refractivity contribution >= 4 is 23.3 Å². The zero-order chi connectivity index (χ0) is 13.8. The number of nitrogens with two attached hydrogens (primary N) is 1. The van der Waals surface area contributed by atoms with Crippen LogP contribution < -0.4 is 5.73 Å². The van der Waals surface area contributed by atoms with E-state index in [4.69, 9.17) is 22.1 Å². The zero-order valence-corrected chi connectivity index (χ0v) is 11.3. The number of anilines is 1. The quantitative estimate of drug-likeness (QED) is 0.685. The molecular weight excluding hydrogens is 262 g/mol. The average molecular weight is 276 g/mol. The number of carbonyl (C=O) groups excluding carboxylic acids is 1. The van der Waals surface area contributed by atoms with Crippen LogP contribution >= 0.6 is 11.6 Å². The van der Waals surface area contributed by atoms with E-state index in [2.05, 4.69) is 0 Å². The van der Waals surface area contributed by atoms with Gasteiger partial charge in [-0.3, -0.25) is 0 Å². The van der Waals surface area contributed by atoms with Gasteiger partial charge in [-0.05, 0) is 42.8 Å². The van der Waals surface area contributed by atoms with Gasteiger partial charge in [-0.15, -0.1) is 0 Å². The number of halogens is 1. The lowest BCUT2D eigenvalue weighted by Crippen LogP contribution is -2.05. The van der Waals surface area contributed by atoms with Crippen molar-refractivity contribution in [1.29, 1.82) is 0 Å². The highest BCUT2D eigenvalue weighted by atomic mass is 35.5. The largest absolute Gasteiger partial charge is 0.462 e. The highest BCUT2D eigenvalue weighted by Crippen LogP contribution is 2.28. The molecule has 0 heterocycles. The molecule has 0 aliphatic carbocycles. The second kappa shape index (κ2) is 5.76. The average Bonchev–Trinajstić information content (AvgIpc) is 2.41. The summed E-state index contributed by atoms with van der Waals surface area (Å²) >= 11 is 5.86. The van der Waals surface area contributed by atoms with Gasteiger partial charge in [0, 0.05) is 16.3 Å². The first-order valence-corrected chi connectivity index (χ1v) is 6.32. The van der Waals surface area contributed by atoms with Crippen molar-refractivity contribution in [1.82, 2.24) is 0 Å². The lowest BCUT2D eigenvalue weighted by Gasteiger charge is -2.09. The van der Waals surface area contributed by atoms with Gasteiger partial charge in [0.25, 0.3) is 0 Å². The molecule has 19 heavy (non-hydrogen) atoms. The van der Waals surface area contributed by atoms with Gasteiger partial charge >= 0.3 is 5.97 Å². The fourth-order valence-corrected chi connectivity index (χ4v) is 1.90. The van der Waals surface area contributed by atoms with Crippen LogP contribution in [0.25, 0.3) is 11.1 Å². The molecule has 2 aromatic carbocycles. The van der Waals surface area contributed by atoms with Crippen LogP contribution in [0.2, 0.25) is 5.02 Å². The van der Waals surface area contributed by atoms with Crippen LogP contribution in [0.1, 0.15) is 17.3 Å². The topological polar surface area (TPSA) is 52.3 Å². The van der Waals surface area contributed by atoms with E-state index >= 15 is 0 Å². The highest BCUT2D eigenvalue weighted by Gasteiger charge is 2.10. The van der Waals surface area contributed by atoms with E-state index in [-0.39, 0.29) is 5.97 Å². The van der Waals surface area contributed by atoms with Crippen molar-refractivity contribution in [3.63, 3.8) is 0 Å². The summed E-state index contributed by atoms with van der Waals surface area (Å²) < 4.78 is 4.98. The summed E-state index contributed by atoms with van der Waals surface area (Å²) in [6, 6.07) is 12.4. The van der Waals surface area contributed by atoms with Gasteiger partial charge < -0.3 is 10.5 Å². The fourth-order valence-electron chi connectivity index (χ4n) is 1.78. The summed E-state index contributed by atoms with van der Waals surface area (Å²) in [4.78, 5) is 11.7. The maximum atomic E-state index is 11.7. The van der Waals surface area contributed by atoms with E-state index in [1.807, 2.05) is 12.1 Å². The third-order valence-corrected chi connectivity index (χ3v) is 2.97. The lowest BCUT2D eigenvalue weighted by atomic mass is 10.0. The summed E-state index contributed by atoms with van der Waals surface area (Å²) in [6.45, 7) is 2.12. The first-order valence-electron chi connectivity index (χ1n) is 5.94. The Labute approximate surface area is 117 Å². The second-order valence-corrected chi connectivity index (χ2v) is 4.47. The highest BCUT2D eigenvalue weighted by molar-refractivity contribution is 6.30.